The minimum atomic E-state index is -0.602. The Labute approximate surface area is 165 Å². The first kappa shape index (κ1) is 19.4. The SMILES string of the molecule is CC(=O)C(Cc1ccccc1)NC(=O)OCc1ccc(-c2ccccc2)cc1. The normalized spacial score (nSPS) is 11.5. The summed E-state index contributed by atoms with van der Waals surface area (Å²) in [4.78, 5) is 24.0. The summed E-state index contributed by atoms with van der Waals surface area (Å²) < 4.78 is 5.29. The van der Waals surface area contributed by atoms with Gasteiger partial charge in [0.05, 0.1) is 6.04 Å². The number of rotatable bonds is 7. The molecule has 0 spiro atoms. The maximum Gasteiger partial charge on any atom is 0.408 e. The van der Waals surface area contributed by atoms with Gasteiger partial charge < -0.3 is 10.1 Å². The highest BCUT2D eigenvalue weighted by Crippen LogP contribution is 2.19. The smallest absolute Gasteiger partial charge is 0.408 e. The largest absolute Gasteiger partial charge is 0.445 e. The summed E-state index contributed by atoms with van der Waals surface area (Å²) in [5.74, 6) is -0.104. The van der Waals surface area contributed by atoms with Crippen molar-refractivity contribution in [2.24, 2.45) is 0 Å². The van der Waals surface area contributed by atoms with E-state index in [4.69, 9.17) is 4.74 Å². The zero-order valence-corrected chi connectivity index (χ0v) is 15.8. The van der Waals surface area contributed by atoms with Gasteiger partial charge in [0.2, 0.25) is 0 Å². The molecule has 0 radical (unpaired) electrons. The number of benzene rings is 3. The molecule has 4 heteroatoms. The minimum Gasteiger partial charge on any atom is -0.445 e. The highest BCUT2D eigenvalue weighted by atomic mass is 16.5. The summed E-state index contributed by atoms with van der Waals surface area (Å²) in [7, 11) is 0. The molecule has 0 aliphatic heterocycles. The van der Waals surface area contributed by atoms with E-state index in [9.17, 15) is 9.59 Å². The van der Waals surface area contributed by atoms with E-state index in [2.05, 4.69) is 5.32 Å². The van der Waals surface area contributed by atoms with Crippen LogP contribution in [0.1, 0.15) is 18.1 Å². The molecule has 1 N–H and O–H groups in total. The zero-order chi connectivity index (χ0) is 19.8. The number of hydrogen-bond acceptors (Lipinski definition) is 3. The molecule has 0 heterocycles. The summed E-state index contributed by atoms with van der Waals surface area (Å²) in [6.45, 7) is 1.62. The van der Waals surface area contributed by atoms with E-state index < -0.39 is 12.1 Å². The van der Waals surface area contributed by atoms with Crippen LogP contribution in [0.4, 0.5) is 4.79 Å². The van der Waals surface area contributed by atoms with E-state index in [0.29, 0.717) is 6.42 Å². The third kappa shape index (κ3) is 5.55. The topological polar surface area (TPSA) is 55.4 Å². The fourth-order valence-electron chi connectivity index (χ4n) is 2.90. The molecule has 1 unspecified atom stereocenters. The number of Topliss-reactive ketones (excluding diaryl/α,β-unsaturated/α-hetero) is 1. The monoisotopic (exact) mass is 373 g/mol. The molecular weight excluding hydrogens is 350 g/mol. The first-order chi connectivity index (χ1) is 13.6. The van der Waals surface area contributed by atoms with Gasteiger partial charge in [-0.2, -0.15) is 0 Å². The molecule has 142 valence electrons. The Morgan fingerprint density at radius 3 is 1.96 bits per heavy atom. The van der Waals surface area contributed by atoms with Crippen molar-refractivity contribution in [3.05, 3.63) is 96.1 Å². The fraction of sp³-hybridized carbons (Fsp3) is 0.167. The van der Waals surface area contributed by atoms with Crippen LogP contribution < -0.4 is 5.32 Å². The minimum absolute atomic E-state index is 0.104. The molecule has 0 fully saturated rings. The van der Waals surface area contributed by atoms with E-state index in [1.807, 2.05) is 84.9 Å². The van der Waals surface area contributed by atoms with Gasteiger partial charge in [0, 0.05) is 0 Å². The van der Waals surface area contributed by atoms with Crippen LogP contribution in [0.3, 0.4) is 0 Å². The molecule has 0 aliphatic rings. The number of amides is 1. The Hall–Kier alpha value is -3.40. The molecule has 1 atom stereocenters. The van der Waals surface area contributed by atoms with E-state index in [1.54, 1.807) is 0 Å². The molecule has 1 amide bonds. The second-order valence-electron chi connectivity index (χ2n) is 6.64. The lowest BCUT2D eigenvalue weighted by molar-refractivity contribution is -0.118. The van der Waals surface area contributed by atoms with Crippen molar-refractivity contribution in [3.8, 4) is 11.1 Å². The fourth-order valence-corrected chi connectivity index (χ4v) is 2.90. The van der Waals surface area contributed by atoms with Gasteiger partial charge in [-0.05, 0) is 35.6 Å². The van der Waals surface area contributed by atoms with Gasteiger partial charge in [0.1, 0.15) is 6.61 Å². The number of carbonyl (C=O) groups is 2. The van der Waals surface area contributed by atoms with Crippen LogP contribution >= 0.6 is 0 Å². The molecule has 0 saturated heterocycles. The predicted molar refractivity (Wildman–Crippen MR) is 110 cm³/mol. The van der Waals surface area contributed by atoms with E-state index in [0.717, 1.165) is 22.3 Å². The Balaban J connectivity index is 1.53. The van der Waals surface area contributed by atoms with Gasteiger partial charge in [-0.3, -0.25) is 4.79 Å². The van der Waals surface area contributed by atoms with Gasteiger partial charge in [0.15, 0.2) is 5.78 Å². The van der Waals surface area contributed by atoms with Gasteiger partial charge in [-0.1, -0.05) is 84.9 Å². The molecule has 0 bridgehead atoms. The number of carbonyl (C=O) groups excluding carboxylic acids is 2. The number of nitrogens with one attached hydrogen (secondary N) is 1. The standard InChI is InChI=1S/C24H23NO3/c1-18(26)23(16-19-8-4-2-5-9-19)25-24(27)28-17-20-12-14-22(15-13-20)21-10-6-3-7-11-21/h2-15,23H,16-17H2,1H3,(H,25,27). The second-order valence-corrected chi connectivity index (χ2v) is 6.64. The van der Waals surface area contributed by atoms with Gasteiger partial charge in [-0.15, -0.1) is 0 Å². The number of ketones is 1. The van der Waals surface area contributed by atoms with E-state index in [-0.39, 0.29) is 12.4 Å². The Morgan fingerprint density at radius 2 is 1.36 bits per heavy atom. The van der Waals surface area contributed by atoms with Crippen LogP contribution in [0.25, 0.3) is 11.1 Å². The quantitative estimate of drug-likeness (QED) is 0.648. The first-order valence-corrected chi connectivity index (χ1v) is 9.24. The predicted octanol–water partition coefficient (Wildman–Crippen LogP) is 4.78. The first-order valence-electron chi connectivity index (χ1n) is 9.24. The Morgan fingerprint density at radius 1 is 0.786 bits per heavy atom. The summed E-state index contributed by atoms with van der Waals surface area (Å²) in [6, 6.07) is 26.9. The Kier molecular flexibility index (Phi) is 6.58. The average Bonchev–Trinajstić information content (AvgIpc) is 2.73. The molecule has 4 nitrogen and oxygen atoms in total. The van der Waals surface area contributed by atoms with Crippen molar-refractivity contribution in [2.45, 2.75) is 26.0 Å². The lowest BCUT2D eigenvalue weighted by Crippen LogP contribution is -2.41. The number of alkyl carbamates (subject to hydrolysis) is 1. The molecule has 0 aromatic heterocycles. The summed E-state index contributed by atoms with van der Waals surface area (Å²) in [6.07, 6.45) is -0.153. The van der Waals surface area contributed by atoms with Crippen LogP contribution in [0.2, 0.25) is 0 Å². The highest BCUT2D eigenvalue weighted by molar-refractivity contribution is 5.85. The van der Waals surface area contributed by atoms with Gasteiger partial charge in [-0.25, -0.2) is 4.79 Å². The number of hydrogen-bond donors (Lipinski definition) is 1. The van der Waals surface area contributed by atoms with Gasteiger partial charge in [0.25, 0.3) is 0 Å². The van der Waals surface area contributed by atoms with E-state index in [1.165, 1.54) is 6.92 Å². The average molecular weight is 373 g/mol. The zero-order valence-electron chi connectivity index (χ0n) is 15.8. The Bertz CT molecular complexity index is 906. The molecule has 0 aliphatic carbocycles. The summed E-state index contributed by atoms with van der Waals surface area (Å²) >= 11 is 0. The highest BCUT2D eigenvalue weighted by Gasteiger charge is 2.18. The van der Waals surface area contributed by atoms with Crippen molar-refractivity contribution in [1.82, 2.24) is 5.32 Å². The lowest BCUT2D eigenvalue weighted by Gasteiger charge is -2.16. The van der Waals surface area contributed by atoms with Crippen LogP contribution in [-0.4, -0.2) is 17.9 Å². The maximum absolute atomic E-state index is 12.1. The van der Waals surface area contributed by atoms with Crippen LogP contribution in [0, 0.1) is 0 Å². The molecular formula is C24H23NO3. The number of ether oxygens (including phenoxy) is 1. The van der Waals surface area contributed by atoms with Crippen LogP contribution in [-0.2, 0) is 22.6 Å². The van der Waals surface area contributed by atoms with Gasteiger partial charge >= 0.3 is 6.09 Å². The molecule has 3 rings (SSSR count). The van der Waals surface area contributed by atoms with E-state index >= 15 is 0 Å². The lowest BCUT2D eigenvalue weighted by atomic mass is 10.0. The van der Waals surface area contributed by atoms with Crippen molar-refractivity contribution >= 4 is 11.9 Å². The molecule has 0 saturated carbocycles. The molecule has 3 aromatic carbocycles. The summed E-state index contributed by atoms with van der Waals surface area (Å²) in [5.41, 5.74) is 4.11. The van der Waals surface area contributed by atoms with Crippen molar-refractivity contribution in [2.75, 3.05) is 0 Å². The van der Waals surface area contributed by atoms with Crippen molar-refractivity contribution in [3.63, 3.8) is 0 Å². The second kappa shape index (κ2) is 9.51. The van der Waals surface area contributed by atoms with Crippen molar-refractivity contribution < 1.29 is 14.3 Å². The third-order valence-electron chi connectivity index (χ3n) is 4.50. The maximum atomic E-state index is 12.1. The summed E-state index contributed by atoms with van der Waals surface area (Å²) in [5, 5.41) is 2.66. The van der Waals surface area contributed by atoms with Crippen molar-refractivity contribution in [1.29, 1.82) is 0 Å². The van der Waals surface area contributed by atoms with Crippen LogP contribution in [0.5, 0.6) is 0 Å². The molecule has 28 heavy (non-hydrogen) atoms. The molecule has 3 aromatic rings. The van der Waals surface area contributed by atoms with Crippen LogP contribution in [0.15, 0.2) is 84.9 Å². The third-order valence-corrected chi connectivity index (χ3v) is 4.50.